The molecule has 0 saturated carbocycles. The molecule has 0 unspecified atom stereocenters. The van der Waals surface area contributed by atoms with Crippen LogP contribution in [-0.2, 0) is 4.74 Å². The van der Waals surface area contributed by atoms with Crippen LogP contribution in [0.15, 0.2) is 18.3 Å². The van der Waals surface area contributed by atoms with Gasteiger partial charge >= 0.3 is 0 Å². The van der Waals surface area contributed by atoms with Gasteiger partial charge in [0.15, 0.2) is 0 Å². The summed E-state index contributed by atoms with van der Waals surface area (Å²) in [5, 5.41) is 5.69. The zero-order valence-corrected chi connectivity index (χ0v) is 11.4. The predicted molar refractivity (Wildman–Crippen MR) is 72.2 cm³/mol. The minimum Gasteiger partial charge on any atom is -0.384 e. The van der Waals surface area contributed by atoms with Gasteiger partial charge in [-0.25, -0.2) is 13.8 Å². The van der Waals surface area contributed by atoms with Gasteiger partial charge in [-0.15, -0.1) is 0 Å². The highest BCUT2D eigenvalue weighted by Gasteiger charge is 2.07. The molecule has 0 aliphatic carbocycles. The number of anilines is 1. The van der Waals surface area contributed by atoms with Crippen molar-refractivity contribution in [2.24, 2.45) is 0 Å². The third kappa shape index (κ3) is 6.42. The molecule has 0 radical (unpaired) electrons. The van der Waals surface area contributed by atoms with E-state index in [0.29, 0.717) is 0 Å². The summed E-state index contributed by atoms with van der Waals surface area (Å²) >= 11 is 0. The maximum absolute atomic E-state index is 11.8. The van der Waals surface area contributed by atoms with Crippen LogP contribution in [0.5, 0.6) is 0 Å². The fraction of sp³-hybridized carbons (Fsp3) is 0.538. The Morgan fingerprint density at radius 3 is 2.80 bits per heavy atom. The van der Waals surface area contributed by atoms with Crippen LogP contribution in [0.25, 0.3) is 0 Å². The number of rotatable bonds is 9. The average Bonchev–Trinajstić information content (AvgIpc) is 2.44. The van der Waals surface area contributed by atoms with Gasteiger partial charge in [0.05, 0.1) is 18.5 Å². The minimum atomic E-state index is -2.49. The van der Waals surface area contributed by atoms with Crippen molar-refractivity contribution >= 4 is 11.6 Å². The number of carbonyl (C=O) groups excluding carboxylic acids is 1. The topological polar surface area (TPSA) is 63.2 Å². The summed E-state index contributed by atoms with van der Waals surface area (Å²) in [6, 6.07) is 3.37. The zero-order chi connectivity index (χ0) is 14.8. The van der Waals surface area contributed by atoms with Gasteiger partial charge in [-0.3, -0.25) is 4.79 Å². The molecule has 2 N–H and O–H groups in total. The van der Waals surface area contributed by atoms with Crippen LogP contribution in [0.4, 0.5) is 14.5 Å². The van der Waals surface area contributed by atoms with Crippen LogP contribution in [0.1, 0.15) is 23.8 Å². The molecule has 0 bridgehead atoms. The normalized spacial score (nSPS) is 10.6. The number of alkyl halides is 2. The lowest BCUT2D eigenvalue weighted by Crippen LogP contribution is -2.28. The Labute approximate surface area is 116 Å². The maximum Gasteiger partial charge on any atom is 0.269 e. The average molecular weight is 287 g/mol. The van der Waals surface area contributed by atoms with Crippen LogP contribution in [0.3, 0.4) is 0 Å². The quantitative estimate of drug-likeness (QED) is 0.681. The van der Waals surface area contributed by atoms with E-state index in [9.17, 15) is 13.6 Å². The molecule has 0 saturated heterocycles. The van der Waals surface area contributed by atoms with Gasteiger partial charge in [-0.1, -0.05) is 6.92 Å². The van der Waals surface area contributed by atoms with Gasteiger partial charge in [0, 0.05) is 13.1 Å². The highest BCUT2D eigenvalue weighted by atomic mass is 19.3. The molecule has 0 fully saturated rings. The molecule has 1 heterocycles. The molecular formula is C13H19F2N3O2. The number of hydrogen-bond donors (Lipinski definition) is 2. The standard InChI is InChI=1S/C13H19F2N3O2/c1-2-5-16-10-3-4-11(18-8-10)13(19)17-6-7-20-9-12(14)15/h3-4,8,12,16H,2,5-7,9H2,1H3,(H,17,19). The number of nitrogens with one attached hydrogen (secondary N) is 2. The van der Waals surface area contributed by atoms with E-state index >= 15 is 0 Å². The lowest BCUT2D eigenvalue weighted by molar-refractivity contribution is 0.0188. The number of carbonyl (C=O) groups is 1. The van der Waals surface area contributed by atoms with Gasteiger partial charge in [0.25, 0.3) is 12.3 Å². The number of halogens is 2. The molecule has 0 atom stereocenters. The van der Waals surface area contributed by atoms with Crippen LogP contribution in [0, 0.1) is 0 Å². The third-order valence-corrected chi connectivity index (χ3v) is 2.35. The largest absolute Gasteiger partial charge is 0.384 e. The van der Waals surface area contributed by atoms with Gasteiger partial charge in [0.1, 0.15) is 12.3 Å². The number of aromatic nitrogens is 1. The third-order valence-electron chi connectivity index (χ3n) is 2.35. The predicted octanol–water partition coefficient (Wildman–Crippen LogP) is 1.91. The smallest absolute Gasteiger partial charge is 0.269 e. The van der Waals surface area contributed by atoms with Gasteiger partial charge in [-0.05, 0) is 18.6 Å². The first kappa shape index (κ1) is 16.3. The van der Waals surface area contributed by atoms with Crippen molar-refractivity contribution in [3.05, 3.63) is 24.0 Å². The van der Waals surface area contributed by atoms with E-state index < -0.39 is 13.0 Å². The van der Waals surface area contributed by atoms with Crippen LogP contribution in [-0.4, -0.2) is 43.6 Å². The van der Waals surface area contributed by atoms with E-state index in [2.05, 4.69) is 27.3 Å². The summed E-state index contributed by atoms with van der Waals surface area (Å²) in [5.41, 5.74) is 1.13. The Morgan fingerprint density at radius 2 is 2.20 bits per heavy atom. The molecule has 1 aromatic rings. The van der Waals surface area contributed by atoms with Crippen molar-refractivity contribution in [2.45, 2.75) is 19.8 Å². The van der Waals surface area contributed by atoms with E-state index in [1.807, 2.05) is 0 Å². The first-order chi connectivity index (χ1) is 9.63. The number of hydrogen-bond acceptors (Lipinski definition) is 4. The summed E-state index contributed by atoms with van der Waals surface area (Å²) in [4.78, 5) is 15.7. The SMILES string of the molecule is CCCNc1ccc(C(=O)NCCOCC(F)F)nc1. The molecule has 1 amide bonds. The van der Waals surface area contributed by atoms with Gasteiger partial charge in [0.2, 0.25) is 0 Å². The number of ether oxygens (including phenoxy) is 1. The van der Waals surface area contributed by atoms with E-state index in [4.69, 9.17) is 0 Å². The summed E-state index contributed by atoms with van der Waals surface area (Å²) in [5.74, 6) is -0.354. The Bertz CT molecular complexity index is 399. The fourth-order valence-corrected chi connectivity index (χ4v) is 1.40. The Hall–Kier alpha value is -1.76. The second-order valence-corrected chi connectivity index (χ2v) is 4.08. The van der Waals surface area contributed by atoms with Crippen molar-refractivity contribution in [1.82, 2.24) is 10.3 Å². The Kier molecular flexibility index (Phi) is 7.49. The number of amides is 1. The molecule has 112 valence electrons. The summed E-state index contributed by atoms with van der Waals surface area (Å²) in [7, 11) is 0. The molecule has 5 nitrogen and oxygen atoms in total. The molecule has 0 spiro atoms. The highest BCUT2D eigenvalue weighted by Crippen LogP contribution is 2.05. The summed E-state index contributed by atoms with van der Waals surface area (Å²) in [6.45, 7) is 2.49. The van der Waals surface area contributed by atoms with Crippen molar-refractivity contribution in [3.8, 4) is 0 Å². The molecular weight excluding hydrogens is 268 g/mol. The molecule has 0 aliphatic heterocycles. The maximum atomic E-state index is 11.8. The van der Waals surface area contributed by atoms with E-state index in [0.717, 1.165) is 18.7 Å². The van der Waals surface area contributed by atoms with Gasteiger partial charge < -0.3 is 15.4 Å². The number of pyridine rings is 1. The second kappa shape index (κ2) is 9.19. The van der Waals surface area contributed by atoms with Gasteiger partial charge in [-0.2, -0.15) is 0 Å². The lowest BCUT2D eigenvalue weighted by Gasteiger charge is -2.07. The van der Waals surface area contributed by atoms with Crippen LogP contribution >= 0.6 is 0 Å². The Balaban J connectivity index is 2.29. The molecule has 1 rings (SSSR count). The monoisotopic (exact) mass is 287 g/mol. The van der Waals surface area contributed by atoms with E-state index in [1.165, 1.54) is 0 Å². The highest BCUT2D eigenvalue weighted by molar-refractivity contribution is 5.92. The molecule has 1 aromatic heterocycles. The fourth-order valence-electron chi connectivity index (χ4n) is 1.40. The summed E-state index contributed by atoms with van der Waals surface area (Å²) < 4.78 is 28.2. The first-order valence-electron chi connectivity index (χ1n) is 6.47. The number of nitrogens with zero attached hydrogens (tertiary/aromatic N) is 1. The van der Waals surface area contributed by atoms with Crippen molar-refractivity contribution < 1.29 is 18.3 Å². The molecule has 7 heteroatoms. The van der Waals surface area contributed by atoms with Crippen LogP contribution in [0.2, 0.25) is 0 Å². The Morgan fingerprint density at radius 1 is 1.40 bits per heavy atom. The minimum absolute atomic E-state index is 0.0478. The first-order valence-corrected chi connectivity index (χ1v) is 6.47. The second-order valence-electron chi connectivity index (χ2n) is 4.08. The molecule has 20 heavy (non-hydrogen) atoms. The van der Waals surface area contributed by atoms with Crippen molar-refractivity contribution in [2.75, 3.05) is 31.6 Å². The van der Waals surface area contributed by atoms with Crippen LogP contribution < -0.4 is 10.6 Å². The van der Waals surface area contributed by atoms with E-state index in [-0.39, 0.29) is 24.8 Å². The van der Waals surface area contributed by atoms with E-state index in [1.54, 1.807) is 18.3 Å². The van der Waals surface area contributed by atoms with Crippen molar-refractivity contribution in [1.29, 1.82) is 0 Å². The molecule has 0 aliphatic rings. The molecule has 0 aromatic carbocycles. The summed E-state index contributed by atoms with van der Waals surface area (Å²) in [6.07, 6.45) is 0.0918. The van der Waals surface area contributed by atoms with Crippen molar-refractivity contribution in [3.63, 3.8) is 0 Å². The zero-order valence-electron chi connectivity index (χ0n) is 11.4. The lowest BCUT2D eigenvalue weighted by atomic mass is 10.3.